The number of halogens is 1. The van der Waals surface area contributed by atoms with Gasteiger partial charge in [0, 0.05) is 29.6 Å². The minimum Gasteiger partial charge on any atom is -0.313 e. The van der Waals surface area contributed by atoms with E-state index in [9.17, 15) is 4.79 Å². The van der Waals surface area contributed by atoms with E-state index in [1.165, 1.54) is 11.1 Å². The lowest BCUT2D eigenvalue weighted by Gasteiger charge is -2.20. The molecule has 0 bridgehead atoms. The Morgan fingerprint density at radius 2 is 1.73 bits per heavy atom. The molecule has 0 fully saturated rings. The fourth-order valence-electron chi connectivity index (χ4n) is 3.89. The summed E-state index contributed by atoms with van der Waals surface area (Å²) in [5.41, 5.74) is 7.07. The average molecular weight is 417 g/mol. The number of hydrogen-bond acceptors (Lipinski definition) is 2. The van der Waals surface area contributed by atoms with Crippen molar-refractivity contribution in [1.29, 1.82) is 0 Å². The van der Waals surface area contributed by atoms with Gasteiger partial charge in [-0.15, -0.1) is 0 Å². The smallest absolute Gasteiger partial charge is 0.251 e. The summed E-state index contributed by atoms with van der Waals surface area (Å²) in [4.78, 5) is 20.1. The fourth-order valence-corrected chi connectivity index (χ4v) is 4.06. The topological polar surface area (TPSA) is 32.7 Å². The van der Waals surface area contributed by atoms with Gasteiger partial charge in [-0.1, -0.05) is 72.6 Å². The number of nitrogens with zero attached hydrogens (tertiary/aromatic N) is 2. The number of benzene rings is 3. The molecule has 152 valence electrons. The molecule has 0 aromatic heterocycles. The van der Waals surface area contributed by atoms with Crippen LogP contribution in [0.5, 0.6) is 0 Å². The van der Waals surface area contributed by atoms with Gasteiger partial charge in [0.25, 0.3) is 5.91 Å². The highest BCUT2D eigenvalue weighted by molar-refractivity contribution is 6.32. The van der Waals surface area contributed by atoms with Gasteiger partial charge in [0.2, 0.25) is 0 Å². The number of anilines is 1. The van der Waals surface area contributed by atoms with Crippen LogP contribution in [0.15, 0.2) is 71.7 Å². The summed E-state index contributed by atoms with van der Waals surface area (Å²) in [5.74, 6) is -0.0115. The standard InChI is InChI=1S/C26H25ClN2O/c1-4-18-6-5-7-19(14-18)15-23-26(30)29(3)24-13-12-21(27)16-22(24)25(28-23)20-10-8-17(2)9-11-20/h5-14,16,23H,4,15H2,1-3H3. The predicted octanol–water partition coefficient (Wildman–Crippen LogP) is 5.64. The maximum Gasteiger partial charge on any atom is 0.251 e. The van der Waals surface area contributed by atoms with Gasteiger partial charge in [0.15, 0.2) is 0 Å². The van der Waals surface area contributed by atoms with Gasteiger partial charge in [-0.2, -0.15) is 0 Å². The lowest BCUT2D eigenvalue weighted by atomic mass is 9.99. The molecule has 1 aliphatic rings. The zero-order chi connectivity index (χ0) is 21.3. The van der Waals surface area contributed by atoms with Crippen molar-refractivity contribution < 1.29 is 4.79 Å². The van der Waals surface area contributed by atoms with Crippen LogP contribution in [0.4, 0.5) is 5.69 Å². The molecule has 0 saturated heterocycles. The van der Waals surface area contributed by atoms with Crippen LogP contribution in [0.3, 0.4) is 0 Å². The summed E-state index contributed by atoms with van der Waals surface area (Å²) < 4.78 is 0. The second-order valence-electron chi connectivity index (χ2n) is 7.80. The molecule has 0 spiro atoms. The summed E-state index contributed by atoms with van der Waals surface area (Å²) in [6, 6.07) is 21.8. The minimum absolute atomic E-state index is 0.0115. The normalized spacial score (nSPS) is 16.1. The third-order valence-electron chi connectivity index (χ3n) is 5.63. The van der Waals surface area contributed by atoms with Crippen molar-refractivity contribution in [1.82, 2.24) is 0 Å². The number of fused-ring (bicyclic) bond motifs is 1. The minimum atomic E-state index is -0.496. The van der Waals surface area contributed by atoms with E-state index in [0.29, 0.717) is 11.4 Å². The van der Waals surface area contributed by atoms with Crippen molar-refractivity contribution in [2.45, 2.75) is 32.7 Å². The first-order chi connectivity index (χ1) is 14.5. The van der Waals surface area contributed by atoms with Crippen LogP contribution in [0.1, 0.15) is 34.7 Å². The first-order valence-corrected chi connectivity index (χ1v) is 10.6. The molecule has 0 N–H and O–H groups in total. The molecule has 1 aliphatic heterocycles. The van der Waals surface area contributed by atoms with E-state index in [1.807, 2.05) is 25.2 Å². The van der Waals surface area contributed by atoms with E-state index in [2.05, 4.69) is 62.4 Å². The van der Waals surface area contributed by atoms with E-state index in [-0.39, 0.29) is 5.91 Å². The summed E-state index contributed by atoms with van der Waals surface area (Å²) in [7, 11) is 1.82. The van der Waals surface area contributed by atoms with Crippen molar-refractivity contribution in [2.75, 3.05) is 11.9 Å². The quantitative estimate of drug-likeness (QED) is 0.542. The van der Waals surface area contributed by atoms with E-state index < -0.39 is 6.04 Å². The molecule has 4 heteroatoms. The van der Waals surface area contributed by atoms with Gasteiger partial charge in [-0.05, 0) is 42.7 Å². The Bertz CT molecular complexity index is 1120. The molecule has 1 unspecified atom stereocenters. The third kappa shape index (κ3) is 4.03. The van der Waals surface area contributed by atoms with Crippen LogP contribution in [-0.2, 0) is 17.6 Å². The first kappa shape index (κ1) is 20.4. The van der Waals surface area contributed by atoms with E-state index in [0.717, 1.165) is 34.5 Å². The summed E-state index contributed by atoms with van der Waals surface area (Å²) in [6.07, 6.45) is 1.53. The molecule has 0 aliphatic carbocycles. The zero-order valence-corrected chi connectivity index (χ0v) is 18.3. The van der Waals surface area contributed by atoms with Crippen molar-refractivity contribution in [3.63, 3.8) is 0 Å². The Labute approximate surface area is 183 Å². The van der Waals surface area contributed by atoms with Crippen molar-refractivity contribution in [3.8, 4) is 0 Å². The predicted molar refractivity (Wildman–Crippen MR) is 125 cm³/mol. The van der Waals surface area contributed by atoms with Gasteiger partial charge < -0.3 is 4.90 Å². The van der Waals surface area contributed by atoms with Gasteiger partial charge in [-0.3, -0.25) is 9.79 Å². The van der Waals surface area contributed by atoms with Crippen molar-refractivity contribution >= 4 is 28.9 Å². The molecular weight excluding hydrogens is 392 g/mol. The van der Waals surface area contributed by atoms with Crippen LogP contribution in [0.25, 0.3) is 0 Å². The van der Waals surface area contributed by atoms with Crippen LogP contribution >= 0.6 is 11.6 Å². The monoisotopic (exact) mass is 416 g/mol. The average Bonchev–Trinajstić information content (AvgIpc) is 2.85. The molecule has 1 heterocycles. The summed E-state index contributed by atoms with van der Waals surface area (Å²) >= 11 is 6.33. The number of carbonyl (C=O) groups excluding carboxylic acids is 1. The lowest BCUT2D eigenvalue weighted by Crippen LogP contribution is -2.36. The number of likely N-dealkylation sites (N-methyl/N-ethyl adjacent to an activating group) is 1. The molecule has 3 aromatic carbocycles. The first-order valence-electron chi connectivity index (χ1n) is 10.3. The Hall–Kier alpha value is -2.91. The molecule has 1 atom stereocenters. The summed E-state index contributed by atoms with van der Waals surface area (Å²) in [5, 5.41) is 0.628. The van der Waals surface area contributed by atoms with E-state index in [4.69, 9.17) is 16.6 Å². The Balaban J connectivity index is 1.84. The highest BCUT2D eigenvalue weighted by Crippen LogP contribution is 2.31. The van der Waals surface area contributed by atoms with Crippen LogP contribution in [0.2, 0.25) is 5.02 Å². The highest BCUT2D eigenvalue weighted by atomic mass is 35.5. The number of benzodiazepines with no additional fused rings is 1. The number of aliphatic imine (C=N–C) groups is 1. The van der Waals surface area contributed by atoms with Gasteiger partial charge in [0.05, 0.1) is 11.4 Å². The molecule has 0 radical (unpaired) electrons. The number of amides is 1. The largest absolute Gasteiger partial charge is 0.313 e. The van der Waals surface area contributed by atoms with Crippen LogP contribution in [-0.4, -0.2) is 24.7 Å². The number of rotatable bonds is 4. The number of aryl methyl sites for hydroxylation is 2. The molecule has 0 saturated carbocycles. The summed E-state index contributed by atoms with van der Waals surface area (Å²) in [6.45, 7) is 4.20. The highest BCUT2D eigenvalue weighted by Gasteiger charge is 2.30. The molecule has 4 rings (SSSR count). The van der Waals surface area contributed by atoms with Crippen molar-refractivity contribution in [3.05, 3.63) is 99.6 Å². The van der Waals surface area contributed by atoms with Crippen LogP contribution < -0.4 is 4.90 Å². The fraction of sp³-hybridized carbons (Fsp3) is 0.231. The third-order valence-corrected chi connectivity index (χ3v) is 5.86. The van der Waals surface area contributed by atoms with Gasteiger partial charge in [0.1, 0.15) is 6.04 Å². The van der Waals surface area contributed by atoms with Crippen molar-refractivity contribution in [2.24, 2.45) is 4.99 Å². The maximum atomic E-state index is 13.4. The Morgan fingerprint density at radius 1 is 1.00 bits per heavy atom. The molecule has 30 heavy (non-hydrogen) atoms. The molecular formula is C26H25ClN2O. The Morgan fingerprint density at radius 3 is 2.47 bits per heavy atom. The second kappa shape index (κ2) is 8.45. The molecule has 3 aromatic rings. The zero-order valence-electron chi connectivity index (χ0n) is 17.5. The van der Waals surface area contributed by atoms with Gasteiger partial charge >= 0.3 is 0 Å². The number of hydrogen-bond donors (Lipinski definition) is 0. The maximum absolute atomic E-state index is 13.4. The number of carbonyl (C=O) groups is 1. The van der Waals surface area contributed by atoms with Crippen LogP contribution in [0, 0.1) is 6.92 Å². The van der Waals surface area contributed by atoms with E-state index in [1.54, 1.807) is 4.90 Å². The van der Waals surface area contributed by atoms with Gasteiger partial charge in [-0.25, -0.2) is 0 Å². The SMILES string of the molecule is CCc1cccc(CC2N=C(c3ccc(C)cc3)c3cc(Cl)ccc3N(C)C2=O)c1. The lowest BCUT2D eigenvalue weighted by molar-refractivity contribution is -0.119. The molecule has 1 amide bonds. The molecule has 3 nitrogen and oxygen atoms in total. The second-order valence-corrected chi connectivity index (χ2v) is 8.23. The van der Waals surface area contributed by atoms with E-state index >= 15 is 0 Å². The Kier molecular flexibility index (Phi) is 5.74.